The van der Waals surface area contributed by atoms with Gasteiger partial charge in [-0.2, -0.15) is 9.40 Å². The summed E-state index contributed by atoms with van der Waals surface area (Å²) in [7, 11) is -3.57. The van der Waals surface area contributed by atoms with E-state index < -0.39 is 10.0 Å². The Labute approximate surface area is 202 Å². The van der Waals surface area contributed by atoms with Crippen LogP contribution in [-0.4, -0.2) is 59.5 Å². The maximum absolute atomic E-state index is 13.5. The highest BCUT2D eigenvalue weighted by Gasteiger charge is 2.32. The highest BCUT2D eigenvalue weighted by molar-refractivity contribution is 7.89. The van der Waals surface area contributed by atoms with Gasteiger partial charge < -0.3 is 4.90 Å². The van der Waals surface area contributed by atoms with Crippen molar-refractivity contribution in [2.45, 2.75) is 11.4 Å². The van der Waals surface area contributed by atoms with E-state index in [9.17, 15) is 13.2 Å². The Morgan fingerprint density at radius 3 is 2.21 bits per heavy atom. The largest absolute Gasteiger partial charge is 0.336 e. The van der Waals surface area contributed by atoms with E-state index in [0.29, 0.717) is 30.9 Å². The van der Waals surface area contributed by atoms with Crippen molar-refractivity contribution in [2.24, 2.45) is 0 Å². The maximum atomic E-state index is 13.5. The van der Waals surface area contributed by atoms with Gasteiger partial charge in [0, 0.05) is 32.4 Å². The third kappa shape index (κ3) is 4.54. The van der Waals surface area contributed by atoms with Gasteiger partial charge in [-0.25, -0.2) is 8.42 Å². The number of aromatic nitrogens is 2. The van der Waals surface area contributed by atoms with Crippen LogP contribution in [0.3, 0.4) is 0 Å². The molecule has 0 N–H and O–H groups in total. The number of nitrogens with zero attached hydrogens (tertiary/aromatic N) is 4. The summed E-state index contributed by atoms with van der Waals surface area (Å²) < 4.78 is 29.1. The minimum atomic E-state index is -3.57. The molecule has 1 aliphatic rings. The standard InChI is InChI=1S/C25H24N4O3S2/c30-25(27-13-15-29(16-14-27)34(31,32)21-10-5-2-6-11-21)22-19-28(18-20-8-3-1-4-9-20)26-24(22)23-12-7-17-33-23/h1-12,17,19H,13-16,18H2. The van der Waals surface area contributed by atoms with E-state index in [4.69, 9.17) is 5.10 Å². The van der Waals surface area contributed by atoms with Gasteiger partial charge in [-0.15, -0.1) is 11.3 Å². The number of hydrogen-bond donors (Lipinski definition) is 0. The van der Waals surface area contributed by atoms with Crippen molar-refractivity contribution in [3.8, 4) is 10.6 Å². The zero-order valence-electron chi connectivity index (χ0n) is 18.4. The Morgan fingerprint density at radius 1 is 0.882 bits per heavy atom. The molecule has 4 aromatic rings. The summed E-state index contributed by atoms with van der Waals surface area (Å²) in [6, 6.07) is 22.3. The molecule has 2 aromatic heterocycles. The van der Waals surface area contributed by atoms with Crippen LogP contribution in [0.5, 0.6) is 0 Å². The number of carbonyl (C=O) groups is 1. The molecule has 0 saturated carbocycles. The average molecular weight is 493 g/mol. The molecule has 0 unspecified atom stereocenters. The fourth-order valence-corrected chi connectivity index (χ4v) is 6.23. The summed E-state index contributed by atoms with van der Waals surface area (Å²) >= 11 is 1.54. The molecule has 0 aliphatic carbocycles. The van der Waals surface area contributed by atoms with E-state index in [1.807, 2.05) is 47.8 Å². The molecule has 0 radical (unpaired) electrons. The quantitative estimate of drug-likeness (QED) is 0.410. The molecule has 1 fully saturated rings. The van der Waals surface area contributed by atoms with Gasteiger partial charge in [0.2, 0.25) is 10.0 Å². The number of piperazine rings is 1. The Kier molecular flexibility index (Phi) is 6.32. The van der Waals surface area contributed by atoms with E-state index in [1.165, 1.54) is 4.31 Å². The predicted octanol–water partition coefficient (Wildman–Crippen LogP) is 3.81. The normalized spacial score (nSPS) is 14.9. The lowest BCUT2D eigenvalue weighted by Gasteiger charge is -2.34. The molecule has 1 aliphatic heterocycles. The highest BCUT2D eigenvalue weighted by atomic mass is 32.2. The number of thiophene rings is 1. The third-order valence-corrected chi connectivity index (χ3v) is 8.63. The van der Waals surface area contributed by atoms with Crippen LogP contribution in [0.25, 0.3) is 10.6 Å². The van der Waals surface area contributed by atoms with Gasteiger partial charge in [0.15, 0.2) is 0 Å². The summed E-state index contributed by atoms with van der Waals surface area (Å²) in [6.45, 7) is 1.75. The fraction of sp³-hybridized carbons (Fsp3) is 0.200. The molecule has 174 valence electrons. The molecule has 0 spiro atoms. The second-order valence-electron chi connectivity index (χ2n) is 8.06. The zero-order valence-corrected chi connectivity index (χ0v) is 20.1. The van der Waals surface area contributed by atoms with Gasteiger partial charge in [-0.3, -0.25) is 9.48 Å². The minimum absolute atomic E-state index is 0.125. The smallest absolute Gasteiger partial charge is 0.257 e. The lowest BCUT2D eigenvalue weighted by molar-refractivity contribution is 0.0698. The van der Waals surface area contributed by atoms with Crippen molar-refractivity contribution in [1.29, 1.82) is 0 Å². The molecule has 0 bridgehead atoms. The molecular formula is C25H24N4O3S2. The van der Waals surface area contributed by atoms with Crippen molar-refractivity contribution in [3.63, 3.8) is 0 Å². The van der Waals surface area contributed by atoms with E-state index >= 15 is 0 Å². The van der Waals surface area contributed by atoms with Gasteiger partial charge >= 0.3 is 0 Å². The second-order valence-corrected chi connectivity index (χ2v) is 10.9. The van der Waals surface area contributed by atoms with Gasteiger partial charge in [-0.1, -0.05) is 54.6 Å². The summed E-state index contributed by atoms with van der Waals surface area (Å²) in [5.74, 6) is -0.125. The van der Waals surface area contributed by atoms with E-state index in [1.54, 1.807) is 57.4 Å². The van der Waals surface area contributed by atoms with E-state index in [-0.39, 0.29) is 23.9 Å². The first-order valence-corrected chi connectivity index (χ1v) is 13.3. The maximum Gasteiger partial charge on any atom is 0.257 e. The topological polar surface area (TPSA) is 75.5 Å². The molecule has 7 nitrogen and oxygen atoms in total. The average Bonchev–Trinajstić information content (AvgIpc) is 3.55. The monoisotopic (exact) mass is 492 g/mol. The van der Waals surface area contributed by atoms with Crippen molar-refractivity contribution >= 4 is 27.3 Å². The number of rotatable bonds is 6. The van der Waals surface area contributed by atoms with Crippen LogP contribution < -0.4 is 0 Å². The zero-order chi connectivity index (χ0) is 23.5. The van der Waals surface area contributed by atoms with Crippen LogP contribution in [-0.2, 0) is 16.6 Å². The van der Waals surface area contributed by atoms with Crippen LogP contribution >= 0.6 is 11.3 Å². The fourth-order valence-electron chi connectivity index (χ4n) is 4.07. The lowest BCUT2D eigenvalue weighted by atomic mass is 10.2. The summed E-state index contributed by atoms with van der Waals surface area (Å²) in [5.41, 5.74) is 2.30. The SMILES string of the molecule is O=C(c1cn(Cc2ccccc2)nc1-c1cccs1)N1CCN(S(=O)(=O)c2ccccc2)CC1. The van der Waals surface area contributed by atoms with E-state index in [2.05, 4.69) is 0 Å². The first-order valence-electron chi connectivity index (χ1n) is 11.0. The van der Waals surface area contributed by atoms with Crippen LogP contribution in [0.4, 0.5) is 0 Å². The predicted molar refractivity (Wildman–Crippen MR) is 132 cm³/mol. The number of carbonyl (C=O) groups excluding carboxylic acids is 1. The molecule has 1 amide bonds. The van der Waals surface area contributed by atoms with Crippen LogP contribution in [0.1, 0.15) is 15.9 Å². The Morgan fingerprint density at radius 2 is 1.56 bits per heavy atom. The van der Waals surface area contributed by atoms with Crippen molar-refractivity contribution < 1.29 is 13.2 Å². The first-order chi connectivity index (χ1) is 16.5. The molecular weight excluding hydrogens is 468 g/mol. The summed E-state index contributed by atoms with van der Waals surface area (Å²) in [5, 5.41) is 6.70. The van der Waals surface area contributed by atoms with Gasteiger partial charge in [0.25, 0.3) is 5.91 Å². The second kappa shape index (κ2) is 9.54. The molecule has 0 atom stereocenters. The molecule has 9 heteroatoms. The van der Waals surface area contributed by atoms with Gasteiger partial charge in [0.1, 0.15) is 5.69 Å². The number of benzene rings is 2. The van der Waals surface area contributed by atoms with Crippen molar-refractivity contribution in [2.75, 3.05) is 26.2 Å². The number of amides is 1. The molecule has 1 saturated heterocycles. The van der Waals surface area contributed by atoms with E-state index in [0.717, 1.165) is 10.4 Å². The first kappa shape index (κ1) is 22.5. The van der Waals surface area contributed by atoms with Gasteiger partial charge in [-0.05, 0) is 29.1 Å². The number of sulfonamides is 1. The summed E-state index contributed by atoms with van der Waals surface area (Å²) in [6.07, 6.45) is 1.80. The van der Waals surface area contributed by atoms with Crippen molar-refractivity contribution in [3.05, 3.63) is 95.5 Å². The number of hydrogen-bond acceptors (Lipinski definition) is 5. The molecule has 3 heterocycles. The highest BCUT2D eigenvalue weighted by Crippen LogP contribution is 2.28. The van der Waals surface area contributed by atoms with Crippen LogP contribution in [0, 0.1) is 0 Å². The summed E-state index contributed by atoms with van der Waals surface area (Å²) in [4.78, 5) is 16.4. The molecule has 34 heavy (non-hydrogen) atoms. The Bertz CT molecular complexity index is 1360. The third-order valence-electron chi connectivity index (χ3n) is 5.84. The Hall–Kier alpha value is -3.27. The minimum Gasteiger partial charge on any atom is -0.336 e. The van der Waals surface area contributed by atoms with Gasteiger partial charge in [0.05, 0.1) is 21.9 Å². The molecule has 5 rings (SSSR count). The van der Waals surface area contributed by atoms with Crippen LogP contribution in [0.2, 0.25) is 0 Å². The lowest BCUT2D eigenvalue weighted by Crippen LogP contribution is -2.50. The Balaban J connectivity index is 1.35. The molecule has 2 aromatic carbocycles. The van der Waals surface area contributed by atoms with Crippen LogP contribution in [0.15, 0.2) is 89.3 Å². The van der Waals surface area contributed by atoms with Crippen molar-refractivity contribution in [1.82, 2.24) is 19.0 Å².